The fourth-order valence-corrected chi connectivity index (χ4v) is 5.02. The van der Waals surface area contributed by atoms with Gasteiger partial charge in [-0.05, 0) is 68.1 Å². The molecule has 5 rings (SSSR count). The lowest BCUT2D eigenvalue weighted by atomic mass is 9.95. The quantitative estimate of drug-likeness (QED) is 0.593. The molecule has 2 aromatic rings. The molecule has 8 nitrogen and oxygen atoms in total. The maximum absolute atomic E-state index is 13.3. The Bertz CT molecular complexity index is 1130. The van der Waals surface area contributed by atoms with E-state index in [4.69, 9.17) is 14.2 Å². The smallest absolute Gasteiger partial charge is 0.375 e. The summed E-state index contributed by atoms with van der Waals surface area (Å²) in [6.45, 7) is 3.10. The van der Waals surface area contributed by atoms with Crippen LogP contribution in [0.3, 0.4) is 0 Å². The van der Waals surface area contributed by atoms with Gasteiger partial charge in [0, 0.05) is 25.2 Å². The number of piperidine rings is 1. The number of likely N-dealkylation sites (tertiary alicyclic amines) is 1. The molecule has 3 aliphatic rings. The summed E-state index contributed by atoms with van der Waals surface area (Å²) >= 11 is 0. The van der Waals surface area contributed by atoms with Crippen molar-refractivity contribution in [3.8, 4) is 5.75 Å². The summed E-state index contributed by atoms with van der Waals surface area (Å²) in [5.41, 5.74) is 2.03. The minimum Gasteiger partial charge on any atom is -0.497 e. The van der Waals surface area contributed by atoms with E-state index < -0.39 is 17.8 Å². The van der Waals surface area contributed by atoms with E-state index in [0.717, 1.165) is 56.8 Å². The van der Waals surface area contributed by atoms with Gasteiger partial charge in [-0.25, -0.2) is 9.59 Å². The highest BCUT2D eigenvalue weighted by Crippen LogP contribution is 2.43. The molecule has 1 saturated heterocycles. The van der Waals surface area contributed by atoms with E-state index in [9.17, 15) is 14.4 Å². The van der Waals surface area contributed by atoms with Crippen LogP contribution in [-0.4, -0.2) is 60.9 Å². The van der Waals surface area contributed by atoms with E-state index >= 15 is 0 Å². The number of benzene rings is 2. The van der Waals surface area contributed by atoms with Crippen molar-refractivity contribution in [2.24, 2.45) is 5.92 Å². The van der Waals surface area contributed by atoms with Gasteiger partial charge in [0.25, 0.3) is 5.91 Å². The molecule has 3 aliphatic heterocycles. The monoisotopic (exact) mass is 476 g/mol. The first-order chi connectivity index (χ1) is 17.0. The summed E-state index contributed by atoms with van der Waals surface area (Å²) in [6.07, 6.45) is 4.79. The van der Waals surface area contributed by atoms with Gasteiger partial charge >= 0.3 is 17.8 Å². The molecular weight excluding hydrogens is 448 g/mol. The van der Waals surface area contributed by atoms with Gasteiger partial charge in [-0.3, -0.25) is 9.69 Å². The van der Waals surface area contributed by atoms with Crippen LogP contribution < -0.4 is 4.74 Å². The van der Waals surface area contributed by atoms with Crippen LogP contribution in [0, 0.1) is 5.92 Å². The summed E-state index contributed by atoms with van der Waals surface area (Å²) < 4.78 is 16.5. The van der Waals surface area contributed by atoms with Crippen LogP contribution in [-0.2, 0) is 31.4 Å². The van der Waals surface area contributed by atoms with Crippen molar-refractivity contribution in [1.82, 2.24) is 9.80 Å². The van der Waals surface area contributed by atoms with Crippen LogP contribution in [0.25, 0.3) is 0 Å². The fraction of sp³-hybridized carbons (Fsp3) is 0.370. The predicted molar refractivity (Wildman–Crippen MR) is 126 cm³/mol. The van der Waals surface area contributed by atoms with Crippen molar-refractivity contribution in [3.63, 3.8) is 0 Å². The Morgan fingerprint density at radius 3 is 2.26 bits per heavy atom. The standard InChI is InChI=1S/C27H28N2O6/c1-33-21-8-6-19(7-9-21)12-15-28-16-13-20(14-17-28)18-29-26(32)22-4-2-3-5-23(22)27(29)34-24(30)10-11-25(31)35-27/h2-11,20H,12-18H2,1H3. The van der Waals surface area contributed by atoms with Crippen molar-refractivity contribution in [3.05, 3.63) is 77.4 Å². The second-order valence-corrected chi connectivity index (χ2v) is 9.10. The molecule has 1 amide bonds. The number of methoxy groups -OCH3 is 1. The predicted octanol–water partition coefficient (Wildman–Crippen LogP) is 2.87. The van der Waals surface area contributed by atoms with Crippen molar-refractivity contribution >= 4 is 17.8 Å². The van der Waals surface area contributed by atoms with Crippen molar-refractivity contribution in [2.75, 3.05) is 33.3 Å². The summed E-state index contributed by atoms with van der Waals surface area (Å²) in [6, 6.07) is 14.9. The van der Waals surface area contributed by atoms with Gasteiger partial charge in [0.15, 0.2) is 0 Å². The average Bonchev–Trinajstić information content (AvgIpc) is 2.99. The van der Waals surface area contributed by atoms with Crippen molar-refractivity contribution in [1.29, 1.82) is 0 Å². The topological polar surface area (TPSA) is 85.4 Å². The Labute approximate surface area is 204 Å². The Morgan fingerprint density at radius 2 is 1.60 bits per heavy atom. The first-order valence-corrected chi connectivity index (χ1v) is 11.9. The first-order valence-electron chi connectivity index (χ1n) is 11.9. The van der Waals surface area contributed by atoms with E-state index in [1.54, 1.807) is 31.4 Å². The normalized spacial score (nSPS) is 19.9. The number of amides is 1. The summed E-state index contributed by atoms with van der Waals surface area (Å²) in [7, 11) is 1.66. The number of hydrogen-bond acceptors (Lipinski definition) is 7. The number of hydrogen-bond donors (Lipinski definition) is 0. The molecule has 3 heterocycles. The van der Waals surface area contributed by atoms with E-state index in [1.807, 2.05) is 12.1 Å². The van der Waals surface area contributed by atoms with Gasteiger partial charge in [0.1, 0.15) is 5.75 Å². The highest BCUT2D eigenvalue weighted by molar-refractivity contribution is 6.01. The highest BCUT2D eigenvalue weighted by Gasteiger charge is 2.57. The van der Waals surface area contributed by atoms with Gasteiger partial charge in [-0.15, -0.1) is 0 Å². The number of carbonyl (C=O) groups excluding carboxylic acids is 3. The highest BCUT2D eigenvalue weighted by atomic mass is 16.8. The fourth-order valence-electron chi connectivity index (χ4n) is 5.02. The molecule has 0 atom stereocenters. The third kappa shape index (κ3) is 4.53. The average molecular weight is 477 g/mol. The number of fused-ring (bicyclic) bond motifs is 2. The minimum absolute atomic E-state index is 0.191. The molecule has 0 N–H and O–H groups in total. The molecule has 8 heteroatoms. The van der Waals surface area contributed by atoms with Crippen LogP contribution in [0.15, 0.2) is 60.7 Å². The van der Waals surface area contributed by atoms with Gasteiger partial charge in [-0.1, -0.05) is 24.3 Å². The van der Waals surface area contributed by atoms with Gasteiger partial charge in [-0.2, -0.15) is 0 Å². The Morgan fingerprint density at radius 1 is 0.943 bits per heavy atom. The van der Waals surface area contributed by atoms with Gasteiger partial charge in [0.2, 0.25) is 0 Å². The van der Waals surface area contributed by atoms with Gasteiger partial charge in [0.05, 0.1) is 18.2 Å². The second-order valence-electron chi connectivity index (χ2n) is 9.10. The number of nitrogens with zero attached hydrogens (tertiary/aromatic N) is 2. The molecular formula is C27H28N2O6. The molecule has 0 aromatic heterocycles. The van der Waals surface area contributed by atoms with Gasteiger partial charge < -0.3 is 19.1 Å². The molecule has 1 fully saturated rings. The molecule has 35 heavy (non-hydrogen) atoms. The second kappa shape index (κ2) is 9.54. The SMILES string of the molecule is COc1ccc(CCN2CCC(CN3C(=O)c4ccccc4C34OC(=O)C=CC(=O)O4)CC2)cc1. The van der Waals surface area contributed by atoms with Crippen LogP contribution in [0.4, 0.5) is 0 Å². The lowest BCUT2D eigenvalue weighted by Gasteiger charge is -2.39. The zero-order chi connectivity index (χ0) is 24.4. The molecule has 1 spiro atoms. The Kier molecular flexibility index (Phi) is 6.30. The molecule has 2 aromatic carbocycles. The molecule has 182 valence electrons. The maximum atomic E-state index is 13.3. The molecule has 0 saturated carbocycles. The number of rotatable bonds is 6. The molecule has 0 aliphatic carbocycles. The van der Waals surface area contributed by atoms with Crippen LogP contribution in [0.1, 0.15) is 34.3 Å². The van der Waals surface area contributed by atoms with Crippen LogP contribution >= 0.6 is 0 Å². The van der Waals surface area contributed by atoms with Crippen molar-refractivity contribution in [2.45, 2.75) is 25.2 Å². The summed E-state index contributed by atoms with van der Waals surface area (Å²) in [4.78, 5) is 41.8. The van der Waals surface area contributed by atoms with E-state index in [-0.39, 0.29) is 11.8 Å². The third-order valence-electron chi connectivity index (χ3n) is 6.96. The first kappa shape index (κ1) is 23.1. The summed E-state index contributed by atoms with van der Waals surface area (Å²) in [5, 5.41) is 0. The summed E-state index contributed by atoms with van der Waals surface area (Å²) in [5.74, 6) is -2.57. The van der Waals surface area contributed by atoms with E-state index in [1.165, 1.54) is 10.5 Å². The Hall–Kier alpha value is -3.65. The van der Waals surface area contributed by atoms with Crippen LogP contribution in [0.2, 0.25) is 0 Å². The lowest BCUT2D eigenvalue weighted by Crippen LogP contribution is -2.52. The molecule has 0 bridgehead atoms. The number of ether oxygens (including phenoxy) is 3. The van der Waals surface area contributed by atoms with Crippen molar-refractivity contribution < 1.29 is 28.6 Å². The molecule has 0 radical (unpaired) electrons. The van der Waals surface area contributed by atoms with E-state index in [0.29, 0.717) is 17.7 Å². The minimum atomic E-state index is -1.86. The van der Waals surface area contributed by atoms with Crippen LogP contribution in [0.5, 0.6) is 5.75 Å². The van der Waals surface area contributed by atoms with E-state index in [2.05, 4.69) is 17.0 Å². The number of carbonyl (C=O) groups is 3. The lowest BCUT2D eigenvalue weighted by molar-refractivity contribution is -0.275. The zero-order valence-electron chi connectivity index (χ0n) is 19.6. The maximum Gasteiger partial charge on any atom is 0.375 e. The third-order valence-corrected chi connectivity index (χ3v) is 6.96. The largest absolute Gasteiger partial charge is 0.497 e. The Balaban J connectivity index is 1.25. The molecule has 0 unspecified atom stereocenters. The number of esters is 2. The zero-order valence-corrected chi connectivity index (χ0v) is 19.6.